The van der Waals surface area contributed by atoms with E-state index in [0.717, 1.165) is 8.58 Å². The molecule has 0 aromatic heterocycles. The van der Waals surface area contributed by atoms with Crippen LogP contribution < -0.4 is 0 Å². The molecule has 0 radical (unpaired) electrons. The molecule has 1 aliphatic heterocycles. The topological polar surface area (TPSA) is 0 Å². The number of rotatable bonds is 0. The van der Waals surface area contributed by atoms with Gasteiger partial charge in [-0.15, -0.1) is 11.8 Å². The second-order valence-electron chi connectivity index (χ2n) is 1.13. The van der Waals surface area contributed by atoms with Crippen molar-refractivity contribution in [2.75, 3.05) is 11.9 Å². The minimum atomic E-state index is 1.10. The minimum Gasteiger partial charge on any atom is -0.134 e. The van der Waals surface area contributed by atoms with Crippen LogP contribution in [-0.4, -0.2) is 11.9 Å². The molecular formula is C4H7PS. The molecular weight excluding hydrogens is 111 g/mol. The highest BCUT2D eigenvalue weighted by molar-refractivity contribution is 8.02. The van der Waals surface area contributed by atoms with Gasteiger partial charge >= 0.3 is 0 Å². The third kappa shape index (κ3) is 1.32. The van der Waals surface area contributed by atoms with Gasteiger partial charge in [0, 0.05) is 5.75 Å². The molecule has 34 valence electrons. The summed E-state index contributed by atoms with van der Waals surface area (Å²) in [7, 11) is 1.10. The van der Waals surface area contributed by atoms with Crippen molar-refractivity contribution in [3.63, 3.8) is 0 Å². The van der Waals surface area contributed by atoms with Crippen molar-refractivity contribution in [1.82, 2.24) is 0 Å². The fourth-order valence-electron chi connectivity index (χ4n) is 0.365. The zero-order valence-electron chi connectivity index (χ0n) is 3.48. The lowest BCUT2D eigenvalue weighted by molar-refractivity contribution is 1.55. The van der Waals surface area contributed by atoms with Gasteiger partial charge in [-0.3, -0.25) is 0 Å². The Morgan fingerprint density at radius 2 is 2.67 bits per heavy atom. The fraction of sp³-hybridized carbons (Fsp3) is 0.500. The molecule has 1 aliphatic rings. The molecule has 0 fully saturated rings. The van der Waals surface area contributed by atoms with Crippen molar-refractivity contribution in [1.29, 1.82) is 0 Å². The largest absolute Gasteiger partial charge is 0.134 e. The molecule has 0 spiro atoms. The smallest absolute Gasteiger partial charge is 0.00139 e. The minimum absolute atomic E-state index is 1.10. The summed E-state index contributed by atoms with van der Waals surface area (Å²) in [4.78, 5) is 0. The van der Waals surface area contributed by atoms with Gasteiger partial charge in [0.1, 0.15) is 0 Å². The fourth-order valence-corrected chi connectivity index (χ4v) is 2.38. The molecule has 0 nitrogen and oxygen atoms in total. The molecule has 0 N–H and O–H groups in total. The Bertz CT molecular complexity index is 52.6. The van der Waals surface area contributed by atoms with Crippen molar-refractivity contribution in [3.05, 3.63) is 11.2 Å². The first-order valence-corrected chi connectivity index (χ1v) is 4.33. The van der Waals surface area contributed by atoms with Crippen LogP contribution in [0.4, 0.5) is 0 Å². The van der Waals surface area contributed by atoms with Crippen LogP contribution in [0.1, 0.15) is 0 Å². The Morgan fingerprint density at radius 1 is 1.67 bits per heavy atom. The van der Waals surface area contributed by atoms with E-state index in [1.54, 1.807) is 0 Å². The predicted molar refractivity (Wildman–Crippen MR) is 34.8 cm³/mol. The van der Waals surface area contributed by atoms with Crippen LogP contribution in [0.2, 0.25) is 0 Å². The maximum Gasteiger partial charge on any atom is 0.00139 e. The van der Waals surface area contributed by atoms with Crippen molar-refractivity contribution in [2.45, 2.75) is 0 Å². The summed E-state index contributed by atoms with van der Waals surface area (Å²) in [5.74, 6) is 3.60. The molecule has 0 aromatic carbocycles. The number of thioether (sulfide) groups is 1. The summed E-state index contributed by atoms with van der Waals surface area (Å²) in [5, 5.41) is 2.20. The summed E-state index contributed by atoms with van der Waals surface area (Å²) >= 11 is 1.92. The average molecular weight is 118 g/mol. The molecule has 1 atom stereocenters. The van der Waals surface area contributed by atoms with E-state index in [0.29, 0.717) is 0 Å². The molecule has 2 heteroatoms. The molecule has 0 amide bonds. The molecule has 0 aromatic rings. The van der Waals surface area contributed by atoms with Gasteiger partial charge in [0.05, 0.1) is 0 Å². The van der Waals surface area contributed by atoms with Gasteiger partial charge in [0.15, 0.2) is 0 Å². The summed E-state index contributed by atoms with van der Waals surface area (Å²) in [6.45, 7) is 0. The lowest BCUT2D eigenvalue weighted by atomic mass is 11.0. The van der Waals surface area contributed by atoms with Gasteiger partial charge < -0.3 is 0 Å². The molecule has 1 heterocycles. The molecule has 0 saturated heterocycles. The van der Waals surface area contributed by atoms with E-state index < -0.39 is 0 Å². The molecule has 0 saturated carbocycles. The van der Waals surface area contributed by atoms with E-state index >= 15 is 0 Å². The van der Waals surface area contributed by atoms with Crippen molar-refractivity contribution < 1.29 is 0 Å². The van der Waals surface area contributed by atoms with Gasteiger partial charge in [-0.1, -0.05) is 14.4 Å². The van der Waals surface area contributed by atoms with E-state index in [4.69, 9.17) is 0 Å². The van der Waals surface area contributed by atoms with Gasteiger partial charge in [0.2, 0.25) is 0 Å². The number of hydrogen-bond acceptors (Lipinski definition) is 1. The second kappa shape index (κ2) is 2.65. The van der Waals surface area contributed by atoms with Gasteiger partial charge in [-0.05, 0) is 11.6 Å². The van der Waals surface area contributed by atoms with Crippen molar-refractivity contribution >= 4 is 20.3 Å². The normalized spacial score (nSPS) is 25.3. The van der Waals surface area contributed by atoms with E-state index in [2.05, 4.69) is 11.2 Å². The summed E-state index contributed by atoms with van der Waals surface area (Å²) in [6, 6.07) is 0. The maximum absolute atomic E-state index is 2.26. The van der Waals surface area contributed by atoms with Gasteiger partial charge in [-0.25, -0.2) is 0 Å². The first-order valence-electron chi connectivity index (χ1n) is 2.00. The highest BCUT2D eigenvalue weighted by Crippen LogP contribution is 2.22. The summed E-state index contributed by atoms with van der Waals surface area (Å²) in [6.07, 6.45) is 1.40. The van der Waals surface area contributed by atoms with Crippen molar-refractivity contribution in [2.24, 2.45) is 0 Å². The van der Waals surface area contributed by atoms with Crippen molar-refractivity contribution in [3.8, 4) is 0 Å². The van der Waals surface area contributed by atoms with Crippen LogP contribution in [0, 0.1) is 0 Å². The zero-order chi connectivity index (χ0) is 4.24. The Kier molecular flexibility index (Phi) is 2.07. The highest BCUT2D eigenvalue weighted by Gasteiger charge is 1.87. The molecule has 0 aliphatic carbocycles. The van der Waals surface area contributed by atoms with E-state index in [1.165, 1.54) is 11.9 Å². The summed E-state index contributed by atoms with van der Waals surface area (Å²) in [5.41, 5.74) is 0. The summed E-state index contributed by atoms with van der Waals surface area (Å²) < 4.78 is 0. The van der Waals surface area contributed by atoms with Crippen LogP contribution in [0.15, 0.2) is 11.2 Å². The second-order valence-corrected chi connectivity index (χ2v) is 3.38. The monoisotopic (exact) mass is 118 g/mol. The molecule has 6 heavy (non-hydrogen) atoms. The zero-order valence-corrected chi connectivity index (χ0v) is 5.29. The average Bonchev–Trinajstić information content (AvgIpc) is 1.72. The standard InChI is InChI=1S/C4H7PS/c1-3-6-4-2-5-1/h1,3,5H,2,4H2. The third-order valence-corrected chi connectivity index (χ3v) is 2.96. The van der Waals surface area contributed by atoms with Gasteiger partial charge in [0.25, 0.3) is 0 Å². The SMILES string of the molecule is C1=CSCCP1. The van der Waals surface area contributed by atoms with Crippen LogP contribution >= 0.6 is 20.3 Å². The lowest BCUT2D eigenvalue weighted by Crippen LogP contribution is -1.78. The highest BCUT2D eigenvalue weighted by atomic mass is 32.2. The van der Waals surface area contributed by atoms with Crippen LogP contribution in [0.25, 0.3) is 0 Å². The van der Waals surface area contributed by atoms with Crippen LogP contribution in [0.3, 0.4) is 0 Å². The molecule has 0 bridgehead atoms. The Hall–Kier alpha value is 0.520. The Labute approximate surface area is 44.2 Å². The van der Waals surface area contributed by atoms with Crippen LogP contribution in [-0.2, 0) is 0 Å². The number of hydrogen-bond donors (Lipinski definition) is 0. The van der Waals surface area contributed by atoms with Crippen LogP contribution in [0.5, 0.6) is 0 Å². The lowest BCUT2D eigenvalue weighted by Gasteiger charge is -1.97. The Morgan fingerprint density at radius 3 is 2.83 bits per heavy atom. The van der Waals surface area contributed by atoms with E-state index in [-0.39, 0.29) is 0 Å². The third-order valence-electron chi connectivity index (χ3n) is 0.646. The first-order chi connectivity index (χ1) is 3.00. The molecule has 1 unspecified atom stereocenters. The van der Waals surface area contributed by atoms with Gasteiger partial charge in [-0.2, -0.15) is 0 Å². The maximum atomic E-state index is 2.26. The van der Waals surface area contributed by atoms with E-state index in [1.807, 2.05) is 11.8 Å². The Balaban J connectivity index is 2.26. The van der Waals surface area contributed by atoms with E-state index in [9.17, 15) is 0 Å². The molecule has 1 rings (SSSR count). The quantitative estimate of drug-likeness (QED) is 0.437. The predicted octanol–water partition coefficient (Wildman–Crippen LogP) is 1.88. The first kappa shape index (κ1) is 4.67.